The van der Waals surface area contributed by atoms with Crippen LogP contribution in [0.25, 0.3) is 0 Å². The predicted molar refractivity (Wildman–Crippen MR) is 72.0 cm³/mol. The molecule has 0 aromatic heterocycles. The smallest absolute Gasteiger partial charge is 0.252 e. The number of nitrogens with zero attached hydrogens (tertiary/aromatic N) is 2. The summed E-state index contributed by atoms with van der Waals surface area (Å²) in [6.45, 7) is 12.9. The molecular formula is C14H24N2O. The SMILES string of the molecule is CC(C)C1=C(C(C)C)C(=O)N(C(C)C)CN=C1. The highest BCUT2D eigenvalue weighted by molar-refractivity contribution is 6.01. The molecule has 0 saturated carbocycles. The van der Waals surface area contributed by atoms with Crippen LogP contribution in [0.4, 0.5) is 0 Å². The minimum absolute atomic E-state index is 0.149. The molecule has 0 spiro atoms. The normalized spacial score (nSPS) is 17.7. The highest BCUT2D eigenvalue weighted by Gasteiger charge is 2.27. The van der Waals surface area contributed by atoms with Crippen molar-refractivity contribution >= 4 is 12.1 Å². The van der Waals surface area contributed by atoms with Gasteiger partial charge in [-0.1, -0.05) is 27.7 Å². The Balaban J connectivity index is 3.24. The molecule has 17 heavy (non-hydrogen) atoms. The number of amides is 1. The third-order valence-corrected chi connectivity index (χ3v) is 3.09. The van der Waals surface area contributed by atoms with Gasteiger partial charge in [-0.15, -0.1) is 0 Å². The van der Waals surface area contributed by atoms with Gasteiger partial charge in [0.15, 0.2) is 0 Å². The fourth-order valence-corrected chi connectivity index (χ4v) is 2.08. The maximum Gasteiger partial charge on any atom is 0.252 e. The number of carbonyl (C=O) groups excluding carboxylic acids is 1. The van der Waals surface area contributed by atoms with Crippen molar-refractivity contribution in [3.05, 3.63) is 11.1 Å². The van der Waals surface area contributed by atoms with E-state index in [0.29, 0.717) is 12.6 Å². The first-order valence-corrected chi connectivity index (χ1v) is 6.41. The van der Waals surface area contributed by atoms with E-state index in [1.165, 1.54) is 0 Å². The first kappa shape index (κ1) is 13.9. The molecule has 1 aliphatic rings. The number of allylic oxidation sites excluding steroid dienone is 1. The first-order chi connectivity index (χ1) is 7.86. The molecule has 1 rings (SSSR count). The summed E-state index contributed by atoms with van der Waals surface area (Å²) in [7, 11) is 0. The van der Waals surface area contributed by atoms with Crippen LogP contribution in [0.5, 0.6) is 0 Å². The van der Waals surface area contributed by atoms with Gasteiger partial charge in [0.25, 0.3) is 5.91 Å². The zero-order chi connectivity index (χ0) is 13.2. The Labute approximate surface area is 105 Å². The topological polar surface area (TPSA) is 32.7 Å². The van der Waals surface area contributed by atoms with Crippen LogP contribution in [0.1, 0.15) is 41.5 Å². The highest BCUT2D eigenvalue weighted by Crippen LogP contribution is 2.25. The van der Waals surface area contributed by atoms with Gasteiger partial charge < -0.3 is 4.90 Å². The zero-order valence-corrected chi connectivity index (χ0v) is 11.8. The summed E-state index contributed by atoms with van der Waals surface area (Å²) in [4.78, 5) is 18.7. The Morgan fingerprint density at radius 3 is 2.12 bits per heavy atom. The molecule has 0 fully saturated rings. The van der Waals surface area contributed by atoms with Crippen molar-refractivity contribution < 1.29 is 4.79 Å². The predicted octanol–water partition coefficient (Wildman–Crippen LogP) is 2.87. The molecule has 3 nitrogen and oxygen atoms in total. The molecule has 1 amide bonds. The minimum atomic E-state index is 0.149. The maximum atomic E-state index is 12.5. The van der Waals surface area contributed by atoms with Gasteiger partial charge in [-0.2, -0.15) is 0 Å². The zero-order valence-electron chi connectivity index (χ0n) is 11.8. The summed E-state index contributed by atoms with van der Waals surface area (Å²) in [5, 5.41) is 0. The van der Waals surface area contributed by atoms with Gasteiger partial charge in [-0.05, 0) is 31.3 Å². The van der Waals surface area contributed by atoms with Crippen molar-refractivity contribution in [2.24, 2.45) is 16.8 Å². The van der Waals surface area contributed by atoms with Gasteiger partial charge in [0.2, 0.25) is 0 Å². The molecule has 0 N–H and O–H groups in total. The molecule has 0 atom stereocenters. The molecule has 0 unspecified atom stereocenters. The van der Waals surface area contributed by atoms with Gasteiger partial charge in [0, 0.05) is 17.8 Å². The van der Waals surface area contributed by atoms with E-state index in [-0.39, 0.29) is 17.9 Å². The summed E-state index contributed by atoms with van der Waals surface area (Å²) >= 11 is 0. The van der Waals surface area contributed by atoms with Crippen molar-refractivity contribution in [1.82, 2.24) is 4.90 Å². The van der Waals surface area contributed by atoms with E-state index in [2.05, 4.69) is 32.7 Å². The third-order valence-electron chi connectivity index (χ3n) is 3.09. The number of aliphatic imine (C=N–C) groups is 1. The van der Waals surface area contributed by atoms with Gasteiger partial charge in [0.05, 0.1) is 0 Å². The van der Waals surface area contributed by atoms with Crippen LogP contribution < -0.4 is 0 Å². The van der Waals surface area contributed by atoms with E-state index < -0.39 is 0 Å². The van der Waals surface area contributed by atoms with Gasteiger partial charge in [0.1, 0.15) is 6.67 Å². The second-order valence-electron chi connectivity index (χ2n) is 5.50. The van der Waals surface area contributed by atoms with E-state index in [0.717, 1.165) is 11.1 Å². The van der Waals surface area contributed by atoms with E-state index in [1.54, 1.807) is 0 Å². The van der Waals surface area contributed by atoms with E-state index in [4.69, 9.17) is 0 Å². The van der Waals surface area contributed by atoms with Gasteiger partial charge in [-0.3, -0.25) is 9.79 Å². The van der Waals surface area contributed by atoms with Gasteiger partial charge >= 0.3 is 0 Å². The third kappa shape index (κ3) is 2.96. The molecule has 0 aromatic rings. The van der Waals surface area contributed by atoms with Crippen molar-refractivity contribution in [2.45, 2.75) is 47.6 Å². The van der Waals surface area contributed by atoms with Crippen molar-refractivity contribution in [3.63, 3.8) is 0 Å². The average molecular weight is 236 g/mol. The van der Waals surface area contributed by atoms with Crippen LogP contribution in [0.15, 0.2) is 16.1 Å². The summed E-state index contributed by atoms with van der Waals surface area (Å²) in [6, 6.07) is 0.194. The van der Waals surface area contributed by atoms with Crippen LogP contribution in [0.3, 0.4) is 0 Å². The Bertz CT molecular complexity index is 351. The molecule has 1 aliphatic heterocycles. The molecule has 0 bridgehead atoms. The lowest BCUT2D eigenvalue weighted by Crippen LogP contribution is -2.38. The molecular weight excluding hydrogens is 212 g/mol. The van der Waals surface area contributed by atoms with Crippen molar-refractivity contribution in [3.8, 4) is 0 Å². The first-order valence-electron chi connectivity index (χ1n) is 6.41. The lowest BCUT2D eigenvalue weighted by Gasteiger charge is -2.26. The summed E-state index contributed by atoms with van der Waals surface area (Å²) in [5.41, 5.74) is 2.02. The number of carbonyl (C=O) groups is 1. The second kappa shape index (κ2) is 5.48. The van der Waals surface area contributed by atoms with Crippen LogP contribution in [-0.2, 0) is 4.79 Å². The Kier molecular flexibility index (Phi) is 4.49. The summed E-state index contributed by atoms with van der Waals surface area (Å²) < 4.78 is 0. The number of hydrogen-bond donors (Lipinski definition) is 0. The number of rotatable bonds is 3. The highest BCUT2D eigenvalue weighted by atomic mass is 16.2. The average Bonchev–Trinajstić information content (AvgIpc) is 2.36. The lowest BCUT2D eigenvalue weighted by atomic mass is 9.90. The Morgan fingerprint density at radius 2 is 1.71 bits per heavy atom. The van der Waals surface area contributed by atoms with Crippen molar-refractivity contribution in [1.29, 1.82) is 0 Å². The second-order valence-corrected chi connectivity index (χ2v) is 5.50. The largest absolute Gasteiger partial charge is 0.317 e. The molecule has 0 aromatic carbocycles. The standard InChI is InChI=1S/C14H24N2O/c1-9(2)12-7-15-8-16(11(5)6)14(17)13(12)10(3)4/h7,9-11H,8H2,1-6H3. The molecule has 96 valence electrons. The monoisotopic (exact) mass is 236 g/mol. The van der Waals surface area contributed by atoms with E-state index in [1.807, 2.05) is 25.0 Å². The lowest BCUT2D eigenvalue weighted by molar-refractivity contribution is -0.129. The fraction of sp³-hybridized carbons (Fsp3) is 0.714. The molecule has 0 aliphatic carbocycles. The van der Waals surface area contributed by atoms with E-state index >= 15 is 0 Å². The quantitative estimate of drug-likeness (QED) is 0.741. The fourth-order valence-electron chi connectivity index (χ4n) is 2.08. The van der Waals surface area contributed by atoms with Gasteiger partial charge in [-0.25, -0.2) is 0 Å². The molecule has 0 saturated heterocycles. The number of hydrogen-bond acceptors (Lipinski definition) is 2. The van der Waals surface area contributed by atoms with Crippen LogP contribution in [-0.4, -0.2) is 29.7 Å². The van der Waals surface area contributed by atoms with Crippen molar-refractivity contribution in [2.75, 3.05) is 6.67 Å². The van der Waals surface area contributed by atoms with Crippen LogP contribution in [0, 0.1) is 11.8 Å². The molecule has 1 heterocycles. The van der Waals surface area contributed by atoms with E-state index in [9.17, 15) is 4.79 Å². The van der Waals surface area contributed by atoms with Crippen LogP contribution in [0.2, 0.25) is 0 Å². The minimum Gasteiger partial charge on any atom is -0.317 e. The maximum absolute atomic E-state index is 12.5. The molecule has 0 radical (unpaired) electrons. The molecule has 3 heteroatoms. The summed E-state index contributed by atoms with van der Waals surface area (Å²) in [6.07, 6.45) is 1.89. The van der Waals surface area contributed by atoms with Crippen LogP contribution >= 0.6 is 0 Å². The summed E-state index contributed by atoms with van der Waals surface area (Å²) in [5.74, 6) is 0.731. The Morgan fingerprint density at radius 1 is 1.12 bits per heavy atom. The Hall–Kier alpha value is -1.12.